The van der Waals surface area contributed by atoms with Crippen LogP contribution in [-0.4, -0.2) is 25.5 Å². The number of halogens is 1. The number of carbonyl (C=O) groups excluding carboxylic acids is 1. The number of amides is 1. The highest BCUT2D eigenvalue weighted by Gasteiger charge is 2.09. The van der Waals surface area contributed by atoms with Crippen LogP contribution in [0.2, 0.25) is 5.02 Å². The molecular weight excluding hydrogens is 432 g/mol. The topological polar surface area (TPSA) is 59.9 Å². The van der Waals surface area contributed by atoms with Gasteiger partial charge in [-0.1, -0.05) is 41.9 Å². The van der Waals surface area contributed by atoms with Crippen molar-refractivity contribution in [3.8, 4) is 11.5 Å². The summed E-state index contributed by atoms with van der Waals surface area (Å²) in [5, 5.41) is 4.66. The van der Waals surface area contributed by atoms with Crippen LogP contribution in [0.25, 0.3) is 0 Å². The van der Waals surface area contributed by atoms with Gasteiger partial charge < -0.3 is 9.47 Å². The van der Waals surface area contributed by atoms with Gasteiger partial charge in [0.05, 0.1) is 19.7 Å². The standard InChI is InChI=1S/C24H23ClN2O3S/c1-29-22-12-18(8-10-21(22)30-16-17-6-4-3-5-7-17)15-26-27-24(28)14-19-13-20(25)9-11-23(19)31-2/h3-13,15H,14,16H2,1-2H3,(H,27,28)/b26-15-. The SMILES string of the molecule is COc1cc(/C=N\NC(=O)Cc2cc(Cl)ccc2SC)ccc1OCc1ccccc1. The van der Waals surface area contributed by atoms with Gasteiger partial charge in [0.25, 0.3) is 0 Å². The lowest BCUT2D eigenvalue weighted by molar-refractivity contribution is -0.120. The lowest BCUT2D eigenvalue weighted by atomic mass is 10.1. The summed E-state index contributed by atoms with van der Waals surface area (Å²) in [6.45, 7) is 0.447. The van der Waals surface area contributed by atoms with Crippen molar-refractivity contribution in [2.45, 2.75) is 17.9 Å². The molecular formula is C24H23ClN2O3S. The highest BCUT2D eigenvalue weighted by Crippen LogP contribution is 2.28. The molecule has 1 amide bonds. The summed E-state index contributed by atoms with van der Waals surface area (Å²) in [6.07, 6.45) is 3.72. The van der Waals surface area contributed by atoms with Crippen molar-refractivity contribution in [3.05, 3.63) is 88.4 Å². The molecule has 0 aliphatic heterocycles. The molecule has 0 radical (unpaired) electrons. The van der Waals surface area contributed by atoms with E-state index in [-0.39, 0.29) is 12.3 Å². The minimum atomic E-state index is -0.219. The van der Waals surface area contributed by atoms with Crippen molar-refractivity contribution in [1.82, 2.24) is 5.43 Å². The van der Waals surface area contributed by atoms with Gasteiger partial charge in [-0.25, -0.2) is 5.43 Å². The van der Waals surface area contributed by atoms with Crippen molar-refractivity contribution in [2.24, 2.45) is 5.10 Å². The van der Waals surface area contributed by atoms with E-state index in [0.717, 1.165) is 21.6 Å². The van der Waals surface area contributed by atoms with Gasteiger partial charge in [0.2, 0.25) is 5.91 Å². The molecule has 0 saturated heterocycles. The number of hydrogen-bond donors (Lipinski definition) is 1. The molecule has 0 unspecified atom stereocenters. The smallest absolute Gasteiger partial charge is 0.244 e. The van der Waals surface area contributed by atoms with Crippen molar-refractivity contribution < 1.29 is 14.3 Å². The molecule has 0 bridgehead atoms. The van der Waals surface area contributed by atoms with Crippen LogP contribution in [0.4, 0.5) is 0 Å². The molecule has 5 nitrogen and oxygen atoms in total. The highest BCUT2D eigenvalue weighted by molar-refractivity contribution is 7.98. The summed E-state index contributed by atoms with van der Waals surface area (Å²) in [5.41, 5.74) is 5.27. The maximum atomic E-state index is 12.3. The zero-order chi connectivity index (χ0) is 22.1. The molecule has 160 valence electrons. The second kappa shape index (κ2) is 11.4. The third-order valence-electron chi connectivity index (χ3n) is 4.42. The van der Waals surface area contributed by atoms with Gasteiger partial charge in [-0.15, -0.1) is 11.8 Å². The molecule has 3 aromatic carbocycles. The normalized spacial score (nSPS) is 10.8. The molecule has 3 aromatic rings. The minimum absolute atomic E-state index is 0.198. The number of benzene rings is 3. The van der Waals surface area contributed by atoms with E-state index < -0.39 is 0 Å². The second-order valence-corrected chi connectivity index (χ2v) is 7.90. The Kier molecular flexibility index (Phi) is 8.38. The number of rotatable bonds is 9. The number of nitrogens with one attached hydrogen (secondary N) is 1. The number of methoxy groups -OCH3 is 1. The van der Waals surface area contributed by atoms with Crippen LogP contribution in [0.5, 0.6) is 11.5 Å². The summed E-state index contributed by atoms with van der Waals surface area (Å²) in [6, 6.07) is 20.9. The molecule has 0 spiro atoms. The van der Waals surface area contributed by atoms with Gasteiger partial charge in [0.15, 0.2) is 11.5 Å². The number of nitrogens with zero attached hydrogens (tertiary/aromatic N) is 1. The van der Waals surface area contributed by atoms with Crippen LogP contribution >= 0.6 is 23.4 Å². The van der Waals surface area contributed by atoms with E-state index in [1.165, 1.54) is 0 Å². The van der Waals surface area contributed by atoms with E-state index in [1.807, 2.05) is 60.9 Å². The Morgan fingerprint density at radius 2 is 1.90 bits per heavy atom. The molecule has 0 aromatic heterocycles. The average molecular weight is 455 g/mol. The first-order valence-corrected chi connectivity index (χ1v) is 11.2. The summed E-state index contributed by atoms with van der Waals surface area (Å²) < 4.78 is 11.3. The first-order chi connectivity index (χ1) is 15.1. The molecule has 0 aliphatic carbocycles. The van der Waals surface area contributed by atoms with Gasteiger partial charge in [-0.05, 0) is 59.3 Å². The molecule has 0 heterocycles. The van der Waals surface area contributed by atoms with E-state index in [2.05, 4.69) is 10.5 Å². The first-order valence-electron chi connectivity index (χ1n) is 9.58. The fourth-order valence-electron chi connectivity index (χ4n) is 2.90. The maximum absolute atomic E-state index is 12.3. The summed E-state index contributed by atoms with van der Waals surface area (Å²) in [7, 11) is 1.59. The third-order valence-corrected chi connectivity index (χ3v) is 5.49. The molecule has 0 atom stereocenters. The second-order valence-electron chi connectivity index (χ2n) is 6.61. The highest BCUT2D eigenvalue weighted by atomic mass is 35.5. The molecule has 0 fully saturated rings. The van der Waals surface area contributed by atoms with E-state index >= 15 is 0 Å². The number of thioether (sulfide) groups is 1. The molecule has 0 aliphatic rings. The van der Waals surface area contributed by atoms with Crippen LogP contribution in [0.3, 0.4) is 0 Å². The fourth-order valence-corrected chi connectivity index (χ4v) is 3.69. The maximum Gasteiger partial charge on any atom is 0.244 e. The Bertz CT molecular complexity index is 1060. The average Bonchev–Trinajstić information content (AvgIpc) is 2.79. The Morgan fingerprint density at radius 1 is 1.10 bits per heavy atom. The van der Waals surface area contributed by atoms with Crippen LogP contribution in [0, 0.1) is 0 Å². The van der Waals surface area contributed by atoms with Crippen molar-refractivity contribution in [1.29, 1.82) is 0 Å². The van der Waals surface area contributed by atoms with Crippen molar-refractivity contribution in [2.75, 3.05) is 13.4 Å². The predicted octanol–water partition coefficient (Wildman–Crippen LogP) is 5.34. The Balaban J connectivity index is 1.59. The first kappa shape index (κ1) is 22.7. The van der Waals surface area contributed by atoms with E-state index in [4.69, 9.17) is 21.1 Å². The molecule has 31 heavy (non-hydrogen) atoms. The summed E-state index contributed by atoms with van der Waals surface area (Å²) in [4.78, 5) is 13.3. The van der Waals surface area contributed by atoms with Crippen LogP contribution < -0.4 is 14.9 Å². The third kappa shape index (κ3) is 6.77. The Labute approximate surface area is 191 Å². The zero-order valence-corrected chi connectivity index (χ0v) is 18.9. The largest absolute Gasteiger partial charge is 0.493 e. The quantitative estimate of drug-likeness (QED) is 0.269. The van der Waals surface area contributed by atoms with Crippen LogP contribution in [0.1, 0.15) is 16.7 Å². The van der Waals surface area contributed by atoms with Gasteiger partial charge in [0, 0.05) is 9.92 Å². The number of hydrazone groups is 1. The van der Waals surface area contributed by atoms with Crippen molar-refractivity contribution in [3.63, 3.8) is 0 Å². The van der Waals surface area contributed by atoms with Gasteiger partial charge in [0.1, 0.15) is 6.61 Å². The van der Waals surface area contributed by atoms with Crippen LogP contribution in [0.15, 0.2) is 76.7 Å². The predicted molar refractivity (Wildman–Crippen MR) is 126 cm³/mol. The molecule has 1 N–H and O–H groups in total. The fraction of sp³-hybridized carbons (Fsp3) is 0.167. The van der Waals surface area contributed by atoms with Gasteiger partial charge in [-0.2, -0.15) is 5.10 Å². The van der Waals surface area contributed by atoms with Gasteiger partial charge >= 0.3 is 0 Å². The summed E-state index contributed by atoms with van der Waals surface area (Å²) >= 11 is 7.62. The molecule has 3 rings (SSSR count). The zero-order valence-electron chi connectivity index (χ0n) is 17.3. The Morgan fingerprint density at radius 3 is 2.65 bits per heavy atom. The lowest BCUT2D eigenvalue weighted by Gasteiger charge is -2.11. The number of carbonyl (C=O) groups is 1. The number of ether oxygens (including phenoxy) is 2. The molecule has 7 heteroatoms. The minimum Gasteiger partial charge on any atom is -0.493 e. The summed E-state index contributed by atoms with van der Waals surface area (Å²) in [5.74, 6) is 1.01. The van der Waals surface area contributed by atoms with Crippen molar-refractivity contribution >= 4 is 35.5 Å². The number of hydrogen-bond acceptors (Lipinski definition) is 5. The van der Waals surface area contributed by atoms with Crippen LogP contribution in [-0.2, 0) is 17.8 Å². The van der Waals surface area contributed by atoms with Gasteiger partial charge in [-0.3, -0.25) is 4.79 Å². The molecule has 0 saturated carbocycles. The monoisotopic (exact) mass is 454 g/mol. The van der Waals surface area contributed by atoms with E-state index in [9.17, 15) is 4.79 Å². The Hall–Kier alpha value is -2.96. The van der Waals surface area contributed by atoms with E-state index in [0.29, 0.717) is 23.1 Å². The lowest BCUT2D eigenvalue weighted by Crippen LogP contribution is -2.20. The van der Waals surface area contributed by atoms with E-state index in [1.54, 1.807) is 37.2 Å².